The van der Waals surface area contributed by atoms with Crippen LogP contribution in [0.25, 0.3) is 22.1 Å². The van der Waals surface area contributed by atoms with E-state index in [4.69, 9.17) is 16.0 Å². The Bertz CT molecular complexity index is 1190. The van der Waals surface area contributed by atoms with Crippen molar-refractivity contribution in [2.45, 2.75) is 6.61 Å². The highest BCUT2D eigenvalue weighted by Crippen LogP contribution is 2.32. The average molecular weight is 457 g/mol. The van der Waals surface area contributed by atoms with Gasteiger partial charge in [-0.2, -0.15) is 0 Å². The van der Waals surface area contributed by atoms with E-state index in [9.17, 15) is 9.90 Å². The molecule has 0 unspecified atom stereocenters. The maximum absolute atomic E-state index is 12.9. The number of anilines is 1. The minimum absolute atomic E-state index is 0.190. The second kappa shape index (κ2) is 7.80. The summed E-state index contributed by atoms with van der Waals surface area (Å²) in [6, 6.07) is 20.0. The van der Waals surface area contributed by atoms with Crippen molar-refractivity contribution in [2.24, 2.45) is 0 Å². The van der Waals surface area contributed by atoms with E-state index >= 15 is 0 Å². The summed E-state index contributed by atoms with van der Waals surface area (Å²) in [6.45, 7) is -0.190. The number of rotatable bonds is 4. The number of furan rings is 1. The molecule has 0 aliphatic rings. The number of hydrogen-bond donors (Lipinski definition) is 2. The van der Waals surface area contributed by atoms with Crippen LogP contribution in [0, 0.1) is 0 Å². The molecular formula is C22H15BrClNO3. The summed E-state index contributed by atoms with van der Waals surface area (Å²) >= 11 is 9.82. The fraction of sp³-hybridized carbons (Fsp3) is 0.0455. The smallest absolute Gasteiger partial charge is 0.256 e. The van der Waals surface area contributed by atoms with Crippen molar-refractivity contribution in [3.63, 3.8) is 0 Å². The zero-order valence-corrected chi connectivity index (χ0v) is 16.9. The minimum Gasteiger partial charge on any atom is -0.459 e. The van der Waals surface area contributed by atoms with Crippen LogP contribution in [-0.2, 0) is 6.61 Å². The van der Waals surface area contributed by atoms with Crippen LogP contribution in [-0.4, -0.2) is 11.0 Å². The Morgan fingerprint density at radius 3 is 2.61 bits per heavy atom. The van der Waals surface area contributed by atoms with Gasteiger partial charge >= 0.3 is 0 Å². The highest BCUT2D eigenvalue weighted by Gasteiger charge is 2.14. The first-order chi connectivity index (χ1) is 13.6. The SMILES string of the molecule is O=C(Nc1ccc(Cl)c(-c2ccc(CO)o2)c1)c1cccc2c(Br)cccc12. The molecule has 0 saturated heterocycles. The molecule has 0 bridgehead atoms. The molecule has 0 aliphatic carbocycles. The summed E-state index contributed by atoms with van der Waals surface area (Å²) in [4.78, 5) is 12.9. The molecule has 28 heavy (non-hydrogen) atoms. The quantitative estimate of drug-likeness (QED) is 0.381. The van der Waals surface area contributed by atoms with Gasteiger partial charge in [-0.1, -0.05) is 51.8 Å². The van der Waals surface area contributed by atoms with Crippen molar-refractivity contribution < 1.29 is 14.3 Å². The molecule has 4 nitrogen and oxygen atoms in total. The molecule has 4 rings (SSSR count). The number of halogens is 2. The van der Waals surface area contributed by atoms with Crippen LogP contribution in [0.4, 0.5) is 5.69 Å². The van der Waals surface area contributed by atoms with Crippen LogP contribution in [0.2, 0.25) is 5.02 Å². The van der Waals surface area contributed by atoms with Crippen molar-refractivity contribution in [1.82, 2.24) is 0 Å². The van der Waals surface area contributed by atoms with E-state index in [0.29, 0.717) is 33.4 Å². The lowest BCUT2D eigenvalue weighted by Gasteiger charge is -2.10. The van der Waals surface area contributed by atoms with Gasteiger partial charge in [-0.05, 0) is 53.2 Å². The van der Waals surface area contributed by atoms with Gasteiger partial charge in [-0.15, -0.1) is 0 Å². The molecule has 1 amide bonds. The molecular weight excluding hydrogens is 442 g/mol. The maximum Gasteiger partial charge on any atom is 0.256 e. The zero-order valence-electron chi connectivity index (χ0n) is 14.6. The van der Waals surface area contributed by atoms with Gasteiger partial charge in [0.05, 0.1) is 5.02 Å². The summed E-state index contributed by atoms with van der Waals surface area (Å²) in [7, 11) is 0. The van der Waals surface area contributed by atoms with E-state index in [0.717, 1.165) is 15.2 Å². The maximum atomic E-state index is 12.9. The van der Waals surface area contributed by atoms with Gasteiger partial charge < -0.3 is 14.8 Å². The number of amides is 1. The molecule has 0 spiro atoms. The molecule has 6 heteroatoms. The molecule has 140 valence electrons. The predicted octanol–water partition coefficient (Wildman–Crippen LogP) is 6.26. The van der Waals surface area contributed by atoms with E-state index in [2.05, 4.69) is 21.2 Å². The van der Waals surface area contributed by atoms with Gasteiger partial charge in [0.2, 0.25) is 0 Å². The van der Waals surface area contributed by atoms with Gasteiger partial charge in [0, 0.05) is 21.3 Å². The predicted molar refractivity (Wildman–Crippen MR) is 115 cm³/mol. The third-order valence-electron chi connectivity index (χ3n) is 4.42. The van der Waals surface area contributed by atoms with Crippen LogP contribution in [0.5, 0.6) is 0 Å². The Labute approximate surface area is 174 Å². The Balaban J connectivity index is 1.67. The molecule has 0 aliphatic heterocycles. The number of aliphatic hydroxyl groups is 1. The summed E-state index contributed by atoms with van der Waals surface area (Å²) in [5.74, 6) is 0.758. The van der Waals surface area contributed by atoms with Crippen molar-refractivity contribution >= 4 is 49.9 Å². The summed E-state index contributed by atoms with van der Waals surface area (Å²) in [5.41, 5.74) is 1.81. The van der Waals surface area contributed by atoms with Crippen LogP contribution >= 0.6 is 27.5 Å². The van der Waals surface area contributed by atoms with Gasteiger partial charge in [-0.3, -0.25) is 4.79 Å². The Morgan fingerprint density at radius 2 is 1.82 bits per heavy atom. The average Bonchev–Trinajstić information content (AvgIpc) is 3.18. The number of benzene rings is 3. The van der Waals surface area contributed by atoms with Crippen LogP contribution in [0.1, 0.15) is 16.1 Å². The first-order valence-electron chi connectivity index (χ1n) is 8.55. The molecule has 2 N–H and O–H groups in total. The lowest BCUT2D eigenvalue weighted by Crippen LogP contribution is -2.12. The van der Waals surface area contributed by atoms with Crippen molar-refractivity contribution in [1.29, 1.82) is 0 Å². The van der Waals surface area contributed by atoms with Crippen molar-refractivity contribution in [2.75, 3.05) is 5.32 Å². The van der Waals surface area contributed by atoms with Crippen LogP contribution in [0.15, 0.2) is 75.6 Å². The minimum atomic E-state index is -0.215. The van der Waals surface area contributed by atoms with E-state index < -0.39 is 0 Å². The lowest BCUT2D eigenvalue weighted by molar-refractivity contribution is 0.102. The zero-order chi connectivity index (χ0) is 19.7. The highest BCUT2D eigenvalue weighted by atomic mass is 79.9. The molecule has 4 aromatic rings. The molecule has 0 radical (unpaired) electrons. The molecule has 0 atom stereocenters. The lowest BCUT2D eigenvalue weighted by atomic mass is 10.0. The van der Waals surface area contributed by atoms with Crippen LogP contribution < -0.4 is 5.32 Å². The van der Waals surface area contributed by atoms with Crippen LogP contribution in [0.3, 0.4) is 0 Å². The number of fused-ring (bicyclic) bond motifs is 1. The van der Waals surface area contributed by atoms with Crippen molar-refractivity contribution in [3.05, 3.63) is 87.5 Å². The fourth-order valence-corrected chi connectivity index (χ4v) is 3.78. The molecule has 0 saturated carbocycles. The summed E-state index contributed by atoms with van der Waals surface area (Å²) in [5, 5.41) is 14.4. The van der Waals surface area contributed by atoms with E-state index in [1.807, 2.05) is 30.3 Å². The van der Waals surface area contributed by atoms with Gasteiger partial charge in [-0.25, -0.2) is 0 Å². The van der Waals surface area contributed by atoms with Gasteiger partial charge in [0.25, 0.3) is 5.91 Å². The number of aliphatic hydroxyl groups excluding tert-OH is 1. The number of carbonyl (C=O) groups is 1. The standard InChI is InChI=1S/C22H15BrClNO3/c23-19-6-2-3-15-16(19)4-1-5-17(15)22(27)25-13-7-9-20(24)18(11-13)21-10-8-14(12-26)28-21/h1-11,26H,12H2,(H,25,27). The first kappa shape index (κ1) is 18.7. The highest BCUT2D eigenvalue weighted by molar-refractivity contribution is 9.10. The van der Waals surface area contributed by atoms with E-state index in [-0.39, 0.29) is 12.5 Å². The van der Waals surface area contributed by atoms with Crippen molar-refractivity contribution in [3.8, 4) is 11.3 Å². The molecule has 1 heterocycles. The topological polar surface area (TPSA) is 62.5 Å². The molecule has 0 fully saturated rings. The molecule has 3 aromatic carbocycles. The second-order valence-electron chi connectivity index (χ2n) is 6.21. The van der Waals surface area contributed by atoms with E-state index in [1.54, 1.807) is 36.4 Å². The largest absolute Gasteiger partial charge is 0.459 e. The number of hydrogen-bond acceptors (Lipinski definition) is 3. The van der Waals surface area contributed by atoms with Gasteiger partial charge in [0.1, 0.15) is 18.1 Å². The molecule has 1 aromatic heterocycles. The van der Waals surface area contributed by atoms with Gasteiger partial charge in [0.15, 0.2) is 0 Å². The summed E-state index contributed by atoms with van der Waals surface area (Å²) in [6.07, 6.45) is 0. The third kappa shape index (κ3) is 3.56. The van der Waals surface area contributed by atoms with E-state index in [1.165, 1.54) is 0 Å². The normalized spacial score (nSPS) is 11.0. The number of nitrogens with one attached hydrogen (secondary N) is 1. The first-order valence-corrected chi connectivity index (χ1v) is 9.72. The Morgan fingerprint density at radius 1 is 1.04 bits per heavy atom. The second-order valence-corrected chi connectivity index (χ2v) is 7.47. The monoisotopic (exact) mass is 455 g/mol. The third-order valence-corrected chi connectivity index (χ3v) is 5.44. The fourth-order valence-electron chi connectivity index (χ4n) is 3.07. The number of carbonyl (C=O) groups excluding carboxylic acids is 1. The summed E-state index contributed by atoms with van der Waals surface area (Å²) < 4.78 is 6.50. The Hall–Kier alpha value is -2.60. The Kier molecular flexibility index (Phi) is 5.22.